The van der Waals surface area contributed by atoms with E-state index in [1.807, 2.05) is 67.6 Å². The zero-order chi connectivity index (χ0) is 32.6. The molecule has 1 fully saturated rings. The second-order valence-electron chi connectivity index (χ2n) is 12.5. The molecule has 3 aromatic carbocycles. The Morgan fingerprint density at radius 3 is 2.50 bits per heavy atom. The minimum atomic E-state index is -3.34. The lowest BCUT2D eigenvalue weighted by Gasteiger charge is -2.31. The van der Waals surface area contributed by atoms with E-state index in [0.717, 1.165) is 17.7 Å². The molecular formula is C34H37ClFN5O4Si. The van der Waals surface area contributed by atoms with Crippen molar-refractivity contribution >= 4 is 49.4 Å². The SMILES string of the molecule is C[C@@H]1[C@@H]([Si](C)(C)F)[C@H](CCn2cc(CCO)nn2)O[C@@]12C(=O)N(Cc1ccc(N(C=O)c3ccccc3)cc1)c1ccc(Cl)cc12. The Balaban J connectivity index is 1.30. The number of aromatic nitrogens is 3. The summed E-state index contributed by atoms with van der Waals surface area (Å²) in [4.78, 5) is 29.8. The monoisotopic (exact) mass is 661 g/mol. The van der Waals surface area contributed by atoms with Crippen LogP contribution in [0.15, 0.2) is 79.0 Å². The number of nitrogens with zero attached hydrogens (tertiary/aromatic N) is 5. The van der Waals surface area contributed by atoms with E-state index in [4.69, 9.17) is 16.3 Å². The lowest BCUT2D eigenvalue weighted by molar-refractivity contribution is -0.146. The van der Waals surface area contributed by atoms with Crippen molar-refractivity contribution in [1.29, 1.82) is 0 Å². The van der Waals surface area contributed by atoms with Crippen LogP contribution < -0.4 is 9.80 Å². The molecule has 0 bridgehead atoms. The fourth-order valence-corrected chi connectivity index (χ4v) is 9.90. The summed E-state index contributed by atoms with van der Waals surface area (Å²) in [7, 11) is -3.34. The van der Waals surface area contributed by atoms with Crippen molar-refractivity contribution in [2.45, 2.75) is 63.2 Å². The van der Waals surface area contributed by atoms with Crippen LogP contribution in [0.5, 0.6) is 0 Å². The van der Waals surface area contributed by atoms with Crippen molar-refractivity contribution in [3.05, 3.63) is 101 Å². The van der Waals surface area contributed by atoms with Gasteiger partial charge < -0.3 is 18.9 Å². The maximum Gasteiger partial charge on any atom is 0.264 e. The molecule has 2 aliphatic heterocycles. The number of carbonyl (C=O) groups is 2. The number of ether oxygens (including phenoxy) is 1. The minimum absolute atomic E-state index is 0.0240. The number of amides is 2. The van der Waals surface area contributed by atoms with Gasteiger partial charge >= 0.3 is 0 Å². The largest absolute Gasteiger partial charge is 0.396 e. The van der Waals surface area contributed by atoms with E-state index in [2.05, 4.69) is 10.3 Å². The second kappa shape index (κ2) is 12.7. The number of fused-ring (bicyclic) bond motifs is 2. The van der Waals surface area contributed by atoms with Crippen LogP contribution in [0.2, 0.25) is 23.7 Å². The van der Waals surface area contributed by atoms with Crippen molar-refractivity contribution in [1.82, 2.24) is 15.0 Å². The van der Waals surface area contributed by atoms with Crippen LogP contribution in [0.1, 0.15) is 30.2 Å². The van der Waals surface area contributed by atoms with Gasteiger partial charge in [0.05, 0.1) is 24.0 Å². The fraction of sp³-hybridized carbons (Fsp3) is 0.353. The number of rotatable bonds is 11. The van der Waals surface area contributed by atoms with Gasteiger partial charge in [0.1, 0.15) is 0 Å². The van der Waals surface area contributed by atoms with Crippen LogP contribution >= 0.6 is 11.6 Å². The Hall–Kier alpha value is -3.90. The van der Waals surface area contributed by atoms with Crippen LogP contribution in [0.25, 0.3) is 0 Å². The van der Waals surface area contributed by atoms with Crippen molar-refractivity contribution in [3.63, 3.8) is 0 Å². The smallest absolute Gasteiger partial charge is 0.264 e. The summed E-state index contributed by atoms with van der Waals surface area (Å²) in [6.07, 6.45) is 2.86. The summed E-state index contributed by atoms with van der Waals surface area (Å²) in [5.41, 5.74) is 2.47. The lowest BCUT2D eigenvalue weighted by Crippen LogP contribution is -2.45. The summed E-state index contributed by atoms with van der Waals surface area (Å²) in [6, 6.07) is 22.2. The molecule has 0 aliphatic carbocycles. The van der Waals surface area contributed by atoms with Gasteiger partial charge in [-0.05, 0) is 67.5 Å². The Morgan fingerprint density at radius 2 is 1.83 bits per heavy atom. The molecule has 240 valence electrons. The summed E-state index contributed by atoms with van der Waals surface area (Å²) in [6.45, 7) is 5.94. The predicted molar refractivity (Wildman–Crippen MR) is 177 cm³/mol. The number of carbonyl (C=O) groups excluding carboxylic acids is 2. The summed E-state index contributed by atoms with van der Waals surface area (Å²) < 4.78 is 24.6. The summed E-state index contributed by atoms with van der Waals surface area (Å²) in [5.74, 6) is -0.689. The molecule has 1 N–H and O–H groups in total. The number of aliphatic hydroxyl groups excluding tert-OH is 1. The normalized spacial score (nSPS) is 22.4. The van der Waals surface area contributed by atoms with Crippen LogP contribution in [0, 0.1) is 5.92 Å². The van der Waals surface area contributed by atoms with Gasteiger partial charge in [0.25, 0.3) is 5.91 Å². The first-order valence-corrected chi connectivity index (χ1v) is 18.8. The number of hydrogen-bond donors (Lipinski definition) is 1. The molecule has 1 aromatic heterocycles. The topological polar surface area (TPSA) is 101 Å². The molecule has 0 unspecified atom stereocenters. The van der Waals surface area contributed by atoms with Crippen LogP contribution in [0.4, 0.5) is 21.2 Å². The molecule has 46 heavy (non-hydrogen) atoms. The Bertz CT molecular complexity index is 1720. The van der Waals surface area contributed by atoms with Gasteiger partial charge in [0.2, 0.25) is 14.8 Å². The third-order valence-electron chi connectivity index (χ3n) is 9.21. The molecule has 6 rings (SSSR count). The highest BCUT2D eigenvalue weighted by atomic mass is 35.5. The summed E-state index contributed by atoms with van der Waals surface area (Å²) in [5, 5.41) is 18.0. The van der Waals surface area contributed by atoms with E-state index in [1.165, 1.54) is 0 Å². The van der Waals surface area contributed by atoms with E-state index in [-0.39, 0.29) is 19.1 Å². The highest BCUT2D eigenvalue weighted by molar-refractivity contribution is 6.72. The lowest BCUT2D eigenvalue weighted by atomic mass is 9.82. The number of para-hydroxylation sites is 1. The van der Waals surface area contributed by atoms with Crippen LogP contribution in [-0.2, 0) is 39.4 Å². The Kier molecular flexibility index (Phi) is 8.86. The number of anilines is 3. The first-order chi connectivity index (χ1) is 22.1. The zero-order valence-corrected chi connectivity index (χ0v) is 27.8. The quantitative estimate of drug-likeness (QED) is 0.117. The highest BCUT2D eigenvalue weighted by Crippen LogP contribution is 2.60. The van der Waals surface area contributed by atoms with Gasteiger partial charge in [0.15, 0.2) is 5.60 Å². The average molecular weight is 662 g/mol. The zero-order valence-electron chi connectivity index (χ0n) is 26.0. The third-order valence-corrected chi connectivity index (χ3v) is 11.9. The molecule has 4 aromatic rings. The molecular weight excluding hydrogens is 625 g/mol. The number of hydrogen-bond acceptors (Lipinski definition) is 6. The molecule has 3 heterocycles. The van der Waals surface area contributed by atoms with Crippen molar-refractivity contribution in [2.75, 3.05) is 16.4 Å². The van der Waals surface area contributed by atoms with E-state index in [0.29, 0.717) is 47.0 Å². The maximum absolute atomic E-state index is 16.2. The van der Waals surface area contributed by atoms with Crippen LogP contribution in [0.3, 0.4) is 0 Å². The molecule has 1 saturated heterocycles. The average Bonchev–Trinajstić information content (AvgIpc) is 3.68. The first-order valence-electron chi connectivity index (χ1n) is 15.4. The fourth-order valence-electron chi connectivity index (χ4n) is 7.19. The van der Waals surface area contributed by atoms with Crippen molar-refractivity contribution in [3.8, 4) is 0 Å². The van der Waals surface area contributed by atoms with Gasteiger partial charge in [-0.2, -0.15) is 0 Å². The second-order valence-corrected chi connectivity index (χ2v) is 16.8. The van der Waals surface area contributed by atoms with E-state index >= 15 is 4.11 Å². The minimum Gasteiger partial charge on any atom is -0.396 e. The molecule has 9 nitrogen and oxygen atoms in total. The number of benzene rings is 3. The number of halogens is 2. The standard InChI is InChI=1S/C34H37ClFN5O4Si/c1-23-32(46(2,3)36)31(15-17-39-21-26(16-18-42)37-38-39)45-34(23)29-19-25(35)11-14-30(29)40(33(34)44)20-24-9-12-28(13-10-24)41(22-43)27-7-5-4-6-8-27/h4-14,19,21-23,31-32,42H,15-18,20H2,1-3H3/t23-,31+,32-,34+/m1/s1. The molecule has 2 aliphatic rings. The molecule has 4 atom stereocenters. The molecule has 2 amide bonds. The van der Waals surface area contributed by atoms with E-state index in [1.54, 1.807) is 45.9 Å². The van der Waals surface area contributed by atoms with Crippen LogP contribution in [-0.4, -0.2) is 53.5 Å². The van der Waals surface area contributed by atoms with Crippen molar-refractivity contribution < 1.29 is 23.5 Å². The van der Waals surface area contributed by atoms with Crippen molar-refractivity contribution in [2.24, 2.45) is 5.92 Å². The van der Waals surface area contributed by atoms with E-state index in [9.17, 15) is 14.7 Å². The maximum atomic E-state index is 16.2. The van der Waals surface area contributed by atoms with Gasteiger partial charge in [-0.15, -0.1) is 5.10 Å². The summed E-state index contributed by atoms with van der Waals surface area (Å²) >= 11 is 6.51. The van der Waals surface area contributed by atoms with Gasteiger partial charge in [-0.3, -0.25) is 19.2 Å². The Labute approximate surface area is 273 Å². The molecule has 0 saturated carbocycles. The number of aliphatic hydroxyl groups is 1. The van der Waals surface area contributed by atoms with Gasteiger partial charge in [0, 0.05) is 59.2 Å². The predicted octanol–water partition coefficient (Wildman–Crippen LogP) is 6.17. The van der Waals surface area contributed by atoms with Gasteiger partial charge in [-0.1, -0.05) is 54.1 Å². The highest BCUT2D eigenvalue weighted by Gasteiger charge is 2.66. The Morgan fingerprint density at radius 1 is 1.11 bits per heavy atom. The third kappa shape index (κ3) is 5.77. The van der Waals surface area contributed by atoms with Gasteiger partial charge in [-0.25, -0.2) is 0 Å². The number of aryl methyl sites for hydroxylation is 1. The molecule has 1 spiro atoms. The molecule has 12 heteroatoms. The molecule has 0 radical (unpaired) electrons. The first kappa shape index (κ1) is 32.1. The van der Waals surface area contributed by atoms with E-state index < -0.39 is 31.6 Å².